The van der Waals surface area contributed by atoms with E-state index in [9.17, 15) is 4.79 Å². The molecule has 0 fully saturated rings. The van der Waals surface area contributed by atoms with Gasteiger partial charge < -0.3 is 9.47 Å². The van der Waals surface area contributed by atoms with Crippen LogP contribution >= 0.6 is 15.9 Å². The van der Waals surface area contributed by atoms with Crippen LogP contribution in [0.3, 0.4) is 0 Å². The number of halogens is 1. The topological polar surface area (TPSA) is 35.5 Å². The van der Waals surface area contributed by atoms with Crippen molar-refractivity contribution in [2.45, 2.75) is 12.3 Å². The van der Waals surface area contributed by atoms with Gasteiger partial charge in [-0.1, -0.05) is 52.3 Å². The van der Waals surface area contributed by atoms with Gasteiger partial charge >= 0.3 is 5.97 Å². The maximum absolute atomic E-state index is 11.3. The molecule has 0 aliphatic heterocycles. The molecule has 104 valence electrons. The Kier molecular flexibility index (Phi) is 5.18. The maximum Gasteiger partial charge on any atom is 0.333 e. The van der Waals surface area contributed by atoms with Gasteiger partial charge in [-0.15, -0.1) is 0 Å². The summed E-state index contributed by atoms with van der Waals surface area (Å²) in [6, 6.07) is 12.0. The average Bonchev–Trinajstić information content (AvgIpc) is 2.47. The molecule has 20 heavy (non-hydrogen) atoms. The van der Waals surface area contributed by atoms with Crippen LogP contribution in [0.2, 0.25) is 0 Å². The summed E-state index contributed by atoms with van der Waals surface area (Å²) in [7, 11) is 0. The Morgan fingerprint density at radius 2 is 2.05 bits per heavy atom. The number of carbonyl (C=O) groups is 1. The molecule has 0 aromatic heterocycles. The number of fused-ring (bicyclic) bond motifs is 1. The molecule has 0 aliphatic carbocycles. The van der Waals surface area contributed by atoms with Crippen molar-refractivity contribution < 1.29 is 14.3 Å². The number of ether oxygens (including phenoxy) is 2. The summed E-state index contributed by atoms with van der Waals surface area (Å²) < 4.78 is 10.5. The van der Waals surface area contributed by atoms with Crippen LogP contribution < -0.4 is 4.74 Å². The van der Waals surface area contributed by atoms with E-state index in [1.807, 2.05) is 36.4 Å². The quantitative estimate of drug-likeness (QED) is 0.356. The van der Waals surface area contributed by atoms with E-state index in [4.69, 9.17) is 9.47 Å². The summed E-state index contributed by atoms with van der Waals surface area (Å²) >= 11 is 3.44. The van der Waals surface area contributed by atoms with Crippen LogP contribution in [-0.4, -0.2) is 12.6 Å². The van der Waals surface area contributed by atoms with Crippen molar-refractivity contribution >= 4 is 32.7 Å². The Morgan fingerprint density at radius 1 is 1.25 bits per heavy atom. The molecule has 0 bridgehead atoms. The molecular weight excluding hydrogens is 320 g/mol. The molecule has 4 heteroatoms. The summed E-state index contributed by atoms with van der Waals surface area (Å²) in [5.41, 5.74) is 1.03. The van der Waals surface area contributed by atoms with Crippen LogP contribution in [-0.2, 0) is 14.9 Å². The first-order valence-electron chi connectivity index (χ1n) is 6.32. The molecule has 0 heterocycles. The monoisotopic (exact) mass is 334 g/mol. The first kappa shape index (κ1) is 14.6. The zero-order valence-corrected chi connectivity index (χ0v) is 12.7. The minimum absolute atomic E-state index is 0.351. The average molecular weight is 335 g/mol. The number of carbonyl (C=O) groups excluding carboxylic acids is 1. The van der Waals surface area contributed by atoms with Crippen molar-refractivity contribution in [3.8, 4) is 5.75 Å². The molecule has 0 N–H and O–H groups in total. The van der Waals surface area contributed by atoms with Gasteiger partial charge in [0.2, 0.25) is 0 Å². The molecule has 0 aliphatic rings. The van der Waals surface area contributed by atoms with Crippen LogP contribution in [0.25, 0.3) is 10.8 Å². The fraction of sp³-hybridized carbons (Fsp3) is 0.188. The molecule has 0 radical (unpaired) electrons. The third-order valence-corrected chi connectivity index (χ3v) is 3.39. The predicted molar refractivity (Wildman–Crippen MR) is 83.0 cm³/mol. The van der Waals surface area contributed by atoms with E-state index in [1.165, 1.54) is 12.3 Å². The van der Waals surface area contributed by atoms with Gasteiger partial charge in [-0.3, -0.25) is 0 Å². The molecule has 0 spiro atoms. The normalized spacial score (nSPS) is 10.9. The number of benzene rings is 2. The highest BCUT2D eigenvalue weighted by atomic mass is 79.9. The molecule has 0 amide bonds. The van der Waals surface area contributed by atoms with Crippen molar-refractivity contribution in [3.63, 3.8) is 0 Å². The lowest BCUT2D eigenvalue weighted by Crippen LogP contribution is -2.00. The summed E-state index contributed by atoms with van der Waals surface area (Å²) in [6.45, 7) is 2.12. The Morgan fingerprint density at radius 3 is 2.80 bits per heavy atom. The van der Waals surface area contributed by atoms with Crippen LogP contribution in [0, 0.1) is 0 Å². The number of esters is 1. The van der Waals surface area contributed by atoms with Crippen molar-refractivity contribution in [1.82, 2.24) is 0 Å². The molecule has 0 atom stereocenters. The Balaban J connectivity index is 2.30. The lowest BCUT2D eigenvalue weighted by molar-refractivity contribution is -0.137. The highest BCUT2D eigenvalue weighted by molar-refractivity contribution is 9.08. The molecule has 0 unspecified atom stereocenters. The minimum atomic E-state index is -0.409. The van der Waals surface area contributed by atoms with Crippen molar-refractivity contribution in [1.29, 1.82) is 0 Å². The summed E-state index contributed by atoms with van der Waals surface area (Å²) in [4.78, 5) is 11.3. The predicted octanol–water partition coefficient (Wildman–Crippen LogP) is 4.19. The summed E-state index contributed by atoms with van der Waals surface area (Å²) in [6.07, 6.45) is 2.65. The maximum atomic E-state index is 11.3. The fourth-order valence-electron chi connectivity index (χ4n) is 1.88. The first-order valence-corrected chi connectivity index (χ1v) is 7.45. The largest absolute Gasteiger partial charge is 0.464 e. The molecular formula is C16H15BrO3. The van der Waals surface area contributed by atoms with E-state index < -0.39 is 5.97 Å². The number of rotatable bonds is 5. The molecule has 0 saturated carbocycles. The van der Waals surface area contributed by atoms with E-state index in [2.05, 4.69) is 15.9 Å². The standard InChI is InChI=1S/C16H15BrO3/c1-2-19-15(18)9-10-20-16-13(11-17)8-7-12-5-3-4-6-14(12)16/h3-10H,2,11H2,1H3/b10-9+. The lowest BCUT2D eigenvalue weighted by Gasteiger charge is -2.10. The van der Waals surface area contributed by atoms with Crippen molar-refractivity contribution in [2.24, 2.45) is 0 Å². The van der Waals surface area contributed by atoms with E-state index in [0.717, 1.165) is 22.1 Å². The Hall–Kier alpha value is -1.81. The second-order valence-electron chi connectivity index (χ2n) is 4.08. The van der Waals surface area contributed by atoms with E-state index in [1.54, 1.807) is 6.92 Å². The van der Waals surface area contributed by atoms with Gasteiger partial charge in [0.15, 0.2) is 0 Å². The Labute approximate surface area is 126 Å². The number of hydrogen-bond donors (Lipinski definition) is 0. The minimum Gasteiger partial charge on any atom is -0.464 e. The first-order chi connectivity index (χ1) is 9.76. The smallest absolute Gasteiger partial charge is 0.333 e. The van der Waals surface area contributed by atoms with Gasteiger partial charge in [0.25, 0.3) is 0 Å². The van der Waals surface area contributed by atoms with Crippen LogP contribution in [0.4, 0.5) is 0 Å². The van der Waals surface area contributed by atoms with E-state index >= 15 is 0 Å². The Bertz CT molecular complexity index is 635. The van der Waals surface area contributed by atoms with Gasteiger partial charge in [-0.25, -0.2) is 4.79 Å². The van der Waals surface area contributed by atoms with Gasteiger partial charge in [0.05, 0.1) is 18.9 Å². The highest BCUT2D eigenvalue weighted by Gasteiger charge is 2.07. The molecule has 0 saturated heterocycles. The summed E-state index contributed by atoms with van der Waals surface area (Å²) in [5, 5.41) is 2.79. The molecule has 3 nitrogen and oxygen atoms in total. The van der Waals surface area contributed by atoms with Gasteiger partial charge in [0, 0.05) is 16.3 Å². The fourth-order valence-corrected chi connectivity index (χ4v) is 2.32. The van der Waals surface area contributed by atoms with Gasteiger partial charge in [-0.05, 0) is 12.3 Å². The second kappa shape index (κ2) is 7.10. The lowest BCUT2D eigenvalue weighted by atomic mass is 10.1. The SMILES string of the molecule is CCOC(=O)/C=C/Oc1c(CBr)ccc2ccccc12. The van der Waals surface area contributed by atoms with E-state index in [-0.39, 0.29) is 0 Å². The highest BCUT2D eigenvalue weighted by Crippen LogP contribution is 2.31. The number of alkyl halides is 1. The molecule has 2 aromatic carbocycles. The van der Waals surface area contributed by atoms with Gasteiger partial charge in [0.1, 0.15) is 5.75 Å². The number of hydrogen-bond acceptors (Lipinski definition) is 3. The zero-order chi connectivity index (χ0) is 14.4. The zero-order valence-electron chi connectivity index (χ0n) is 11.1. The summed E-state index contributed by atoms with van der Waals surface area (Å²) in [5.74, 6) is 0.341. The van der Waals surface area contributed by atoms with Crippen LogP contribution in [0.5, 0.6) is 5.75 Å². The van der Waals surface area contributed by atoms with Crippen molar-refractivity contribution in [3.05, 3.63) is 54.3 Å². The molecule has 2 rings (SSSR count). The van der Waals surface area contributed by atoms with Crippen LogP contribution in [0.15, 0.2) is 48.7 Å². The van der Waals surface area contributed by atoms with Crippen LogP contribution in [0.1, 0.15) is 12.5 Å². The second-order valence-corrected chi connectivity index (χ2v) is 4.64. The van der Waals surface area contributed by atoms with Crippen molar-refractivity contribution in [2.75, 3.05) is 6.61 Å². The third kappa shape index (κ3) is 3.39. The third-order valence-electron chi connectivity index (χ3n) is 2.78. The molecule has 2 aromatic rings. The van der Waals surface area contributed by atoms with Gasteiger partial charge in [-0.2, -0.15) is 0 Å². The van der Waals surface area contributed by atoms with E-state index in [0.29, 0.717) is 11.9 Å².